The van der Waals surface area contributed by atoms with Crippen LogP contribution in [0.2, 0.25) is 0 Å². The Morgan fingerprint density at radius 3 is 2.36 bits per heavy atom. The summed E-state index contributed by atoms with van der Waals surface area (Å²) in [6.45, 7) is 7.74. The van der Waals surface area contributed by atoms with E-state index in [1.165, 1.54) is 19.2 Å². The first-order valence-electron chi connectivity index (χ1n) is 11.5. The van der Waals surface area contributed by atoms with Crippen LogP contribution < -0.4 is 14.8 Å². The zero-order valence-electron chi connectivity index (χ0n) is 20.9. The molecule has 0 radical (unpaired) electrons. The Bertz CT molecular complexity index is 1040. The lowest BCUT2D eigenvalue weighted by atomic mass is 10.1. The molecule has 0 atom stereocenters. The predicted molar refractivity (Wildman–Crippen MR) is 140 cm³/mol. The maximum atomic E-state index is 12.8. The van der Waals surface area contributed by atoms with Gasteiger partial charge in [0.05, 0.1) is 17.6 Å². The number of likely N-dealkylation sites (N-methyl/N-ethyl adjacent to an activating group) is 1. The third kappa shape index (κ3) is 8.91. The van der Waals surface area contributed by atoms with Gasteiger partial charge in [-0.25, -0.2) is 0 Å². The number of carbonyl (C=O) groups excluding carboxylic acids is 1. The van der Waals surface area contributed by atoms with E-state index in [0.717, 1.165) is 54.7 Å². The minimum Gasteiger partial charge on any atom is -0.493 e. The molecular formula is C26H32F3N3O3S. The molecule has 0 aliphatic rings. The smallest absolute Gasteiger partial charge is 0.416 e. The Kier molecular flexibility index (Phi) is 11.8. The van der Waals surface area contributed by atoms with Gasteiger partial charge in [-0.2, -0.15) is 13.2 Å². The number of ether oxygens (including phenoxy) is 2. The highest BCUT2D eigenvalue weighted by Crippen LogP contribution is 2.32. The number of rotatable bonds is 13. The van der Waals surface area contributed by atoms with Crippen LogP contribution in [0.15, 0.2) is 52.4 Å². The first-order valence-corrected chi connectivity index (χ1v) is 12.4. The molecule has 0 fully saturated rings. The van der Waals surface area contributed by atoms with E-state index in [1.54, 1.807) is 25.2 Å². The van der Waals surface area contributed by atoms with E-state index in [9.17, 15) is 18.0 Å². The molecule has 0 unspecified atom stereocenters. The topological polar surface area (TPSA) is 63.2 Å². The van der Waals surface area contributed by atoms with Crippen LogP contribution in [0.25, 0.3) is 6.08 Å². The summed E-state index contributed by atoms with van der Waals surface area (Å²) >= 11 is 1.02. The van der Waals surface area contributed by atoms with E-state index in [-0.39, 0.29) is 6.61 Å². The number of nitrogens with one attached hydrogen (secondary N) is 1. The van der Waals surface area contributed by atoms with E-state index >= 15 is 0 Å². The van der Waals surface area contributed by atoms with Crippen LogP contribution >= 0.6 is 11.8 Å². The fourth-order valence-electron chi connectivity index (χ4n) is 3.35. The number of halogens is 3. The van der Waals surface area contributed by atoms with Crippen molar-refractivity contribution >= 4 is 29.3 Å². The second-order valence-electron chi connectivity index (χ2n) is 7.64. The van der Waals surface area contributed by atoms with Crippen LogP contribution in [0, 0.1) is 0 Å². The predicted octanol–water partition coefficient (Wildman–Crippen LogP) is 5.52. The fourth-order valence-corrected chi connectivity index (χ4v) is 3.94. The van der Waals surface area contributed by atoms with Crippen molar-refractivity contribution in [2.75, 3.05) is 40.3 Å². The monoisotopic (exact) mass is 523 g/mol. The molecule has 196 valence electrons. The molecule has 0 heterocycles. The molecule has 0 bridgehead atoms. The quantitative estimate of drug-likeness (QED) is 0.212. The van der Waals surface area contributed by atoms with E-state index < -0.39 is 11.7 Å². The summed E-state index contributed by atoms with van der Waals surface area (Å²) in [6.07, 6.45) is -2.55. The van der Waals surface area contributed by atoms with E-state index in [1.807, 2.05) is 6.08 Å². The van der Waals surface area contributed by atoms with Crippen molar-refractivity contribution in [3.8, 4) is 11.5 Å². The summed E-state index contributed by atoms with van der Waals surface area (Å²) < 4.78 is 49.5. The molecule has 36 heavy (non-hydrogen) atoms. The lowest BCUT2D eigenvalue weighted by Crippen LogP contribution is -2.35. The number of thioether (sulfide) groups is 1. The highest BCUT2D eigenvalue weighted by molar-refractivity contribution is 8.16. The molecular weight excluding hydrogens is 491 g/mol. The number of methoxy groups -OCH3 is 1. The van der Waals surface area contributed by atoms with Gasteiger partial charge < -0.3 is 19.7 Å². The molecule has 0 spiro atoms. The van der Waals surface area contributed by atoms with Crippen LogP contribution in [0.3, 0.4) is 0 Å². The van der Waals surface area contributed by atoms with Gasteiger partial charge in [-0.15, -0.1) is 0 Å². The lowest BCUT2D eigenvalue weighted by molar-refractivity contribution is -0.137. The first kappa shape index (κ1) is 29.3. The second kappa shape index (κ2) is 14.5. The van der Waals surface area contributed by atoms with Crippen LogP contribution in [0.4, 0.5) is 13.2 Å². The van der Waals surface area contributed by atoms with Crippen LogP contribution in [-0.2, 0) is 17.6 Å². The molecule has 2 rings (SSSR count). The number of hydrogen-bond acceptors (Lipinski definition) is 6. The van der Waals surface area contributed by atoms with E-state index in [0.29, 0.717) is 34.3 Å². The van der Waals surface area contributed by atoms with E-state index in [4.69, 9.17) is 9.47 Å². The third-order valence-electron chi connectivity index (χ3n) is 5.41. The fraction of sp³-hybridized carbons (Fsp3) is 0.385. The largest absolute Gasteiger partial charge is 0.493 e. The van der Waals surface area contributed by atoms with Crippen LogP contribution in [0.1, 0.15) is 30.5 Å². The van der Waals surface area contributed by atoms with Gasteiger partial charge >= 0.3 is 6.18 Å². The summed E-state index contributed by atoms with van der Waals surface area (Å²) in [4.78, 5) is 18.5. The highest BCUT2D eigenvalue weighted by Gasteiger charge is 2.29. The molecule has 1 N–H and O–H groups in total. The Hall–Kier alpha value is -2.98. The maximum Gasteiger partial charge on any atom is 0.416 e. The van der Waals surface area contributed by atoms with Crippen molar-refractivity contribution in [1.82, 2.24) is 10.2 Å². The molecule has 2 aromatic rings. The standard InChI is InChI=1S/C26H32F3N3O3S/c1-5-32(6-2)14-13-31-25(30-3)24(36-18-33)16-20-9-12-22(23(15-20)34-4)35-17-19-7-10-21(11-8-19)26(27,28)29/h7-12,15-16,18H,5-6,13-14,17H2,1-4H3,(H,30,31)/b24-16-. The average molecular weight is 524 g/mol. The van der Waals surface area contributed by atoms with Crippen LogP contribution in [-0.4, -0.2) is 56.7 Å². The summed E-state index contributed by atoms with van der Waals surface area (Å²) in [5.74, 6) is 1.51. The van der Waals surface area contributed by atoms with Crippen molar-refractivity contribution < 1.29 is 27.4 Å². The third-order valence-corrected chi connectivity index (χ3v) is 6.07. The zero-order valence-corrected chi connectivity index (χ0v) is 21.7. The number of benzene rings is 2. The van der Waals surface area contributed by atoms with Gasteiger partial charge in [0.25, 0.3) is 0 Å². The van der Waals surface area contributed by atoms with Gasteiger partial charge in [-0.05, 0) is 54.6 Å². The SMILES string of the molecule is CCN(CC)CCNC(=NC)/C(=C/c1ccc(OCc2ccc(C(F)(F)F)cc2)c(OC)c1)SC=O. The minimum absolute atomic E-state index is 0.0824. The number of carbonyl (C=O) groups is 1. The first-order chi connectivity index (χ1) is 17.2. The van der Waals surface area contributed by atoms with E-state index in [2.05, 4.69) is 29.1 Å². The Morgan fingerprint density at radius 1 is 1.11 bits per heavy atom. The minimum atomic E-state index is -4.38. The molecule has 0 saturated carbocycles. The molecule has 0 aliphatic carbocycles. The molecule has 6 nitrogen and oxygen atoms in total. The zero-order chi connectivity index (χ0) is 26.6. The van der Waals surface area contributed by atoms with Gasteiger partial charge in [0, 0.05) is 20.1 Å². The summed E-state index contributed by atoms with van der Waals surface area (Å²) in [5.41, 5.74) is 1.41. The highest BCUT2D eigenvalue weighted by atomic mass is 32.2. The maximum absolute atomic E-state index is 12.8. The molecule has 0 saturated heterocycles. The van der Waals surface area contributed by atoms with Crippen LogP contribution in [0.5, 0.6) is 11.5 Å². The Balaban J connectivity index is 2.14. The van der Waals surface area contributed by atoms with Crippen molar-refractivity contribution in [3.63, 3.8) is 0 Å². The molecule has 2 aromatic carbocycles. The molecule has 0 aliphatic heterocycles. The lowest BCUT2D eigenvalue weighted by Gasteiger charge is -2.19. The van der Waals surface area contributed by atoms with Gasteiger partial charge in [0.2, 0.25) is 0 Å². The Labute approximate surface area is 214 Å². The summed E-state index contributed by atoms with van der Waals surface area (Å²) in [5, 5.41) is 3.30. The van der Waals surface area contributed by atoms with Gasteiger partial charge in [0.1, 0.15) is 12.4 Å². The Morgan fingerprint density at radius 2 is 1.81 bits per heavy atom. The number of alkyl halides is 3. The molecule has 0 aromatic heterocycles. The summed E-state index contributed by atoms with van der Waals surface area (Å²) in [7, 11) is 3.17. The molecule has 10 heteroatoms. The van der Waals surface area contributed by atoms with Gasteiger partial charge in [-0.1, -0.05) is 43.8 Å². The molecule has 0 amide bonds. The van der Waals surface area contributed by atoms with Gasteiger partial charge in [-0.3, -0.25) is 9.79 Å². The normalized spacial score (nSPS) is 12.6. The number of amidine groups is 1. The number of hydrogen-bond donors (Lipinski definition) is 1. The van der Waals surface area contributed by atoms with Crippen molar-refractivity contribution in [2.45, 2.75) is 26.6 Å². The average Bonchev–Trinajstić information content (AvgIpc) is 2.87. The van der Waals surface area contributed by atoms with Crippen molar-refractivity contribution in [1.29, 1.82) is 0 Å². The summed E-state index contributed by atoms with van der Waals surface area (Å²) in [6, 6.07) is 10.1. The van der Waals surface area contributed by atoms with Crippen molar-refractivity contribution in [3.05, 3.63) is 64.1 Å². The number of nitrogens with zero attached hydrogens (tertiary/aromatic N) is 2. The van der Waals surface area contributed by atoms with Crippen molar-refractivity contribution in [2.24, 2.45) is 4.99 Å². The van der Waals surface area contributed by atoms with Gasteiger partial charge in [0.15, 0.2) is 17.1 Å². The number of aliphatic imine (C=N–C) groups is 1. The second-order valence-corrected chi connectivity index (χ2v) is 8.51.